The molecule has 1 saturated carbocycles. The summed E-state index contributed by atoms with van der Waals surface area (Å²) in [6, 6.07) is 23.6. The standard InChI is InChI=1S/C39H48N4O5/c1-41-19-4-8-32(41)25-47-33-14-9-27(10-15-33)28-6-3-7-29(22-28)34-17-18-40-24-35(34)39(45)43(30-11-12-30)31-13-16-37-36(23-31)42(20-5-21-46-2)38(44)26-48-37/h3,6-7,9-10,13-16,22-23,30,32,34-35,40H,4-5,8,11-12,17-21,24-26H2,1-2H3/t32-,34+,35-/m0/s1. The van der Waals surface area contributed by atoms with Gasteiger partial charge in [0.15, 0.2) is 6.61 Å². The van der Waals surface area contributed by atoms with Gasteiger partial charge in [-0.2, -0.15) is 0 Å². The summed E-state index contributed by atoms with van der Waals surface area (Å²) < 4.78 is 17.2. The average Bonchev–Trinajstić information content (AvgIpc) is 3.87. The molecule has 0 radical (unpaired) electrons. The first-order chi connectivity index (χ1) is 23.5. The van der Waals surface area contributed by atoms with Crippen molar-refractivity contribution in [3.8, 4) is 22.6 Å². The molecular formula is C39H48N4O5. The van der Waals surface area contributed by atoms with Crippen LogP contribution in [0.4, 0.5) is 11.4 Å². The molecule has 254 valence electrons. The van der Waals surface area contributed by atoms with Gasteiger partial charge < -0.3 is 34.2 Å². The zero-order valence-electron chi connectivity index (χ0n) is 28.2. The van der Waals surface area contributed by atoms with E-state index in [1.54, 1.807) is 12.0 Å². The molecule has 3 aromatic carbocycles. The minimum atomic E-state index is -0.203. The number of methoxy groups -OCH3 is 1. The Morgan fingerprint density at radius 1 is 1.02 bits per heavy atom. The molecule has 1 N–H and O–H groups in total. The SMILES string of the molecule is COCCCN1C(=O)COc2ccc(N(C(=O)[C@H]3CNCC[C@@H]3c3cccc(-c4ccc(OC[C@@H]5CCCN5C)cc4)c3)C3CC3)cc21. The number of anilines is 2. The molecule has 0 bridgehead atoms. The van der Waals surface area contributed by atoms with Crippen LogP contribution in [0.5, 0.6) is 11.5 Å². The van der Waals surface area contributed by atoms with Gasteiger partial charge in [0.25, 0.3) is 5.91 Å². The number of nitrogens with one attached hydrogen (secondary N) is 1. The number of likely N-dealkylation sites (N-methyl/N-ethyl adjacent to an activating group) is 1. The Balaban J connectivity index is 1.10. The number of hydrogen-bond acceptors (Lipinski definition) is 7. The fraction of sp³-hybridized carbons (Fsp3) is 0.487. The van der Waals surface area contributed by atoms with Gasteiger partial charge in [-0.3, -0.25) is 9.59 Å². The van der Waals surface area contributed by atoms with Gasteiger partial charge in [-0.25, -0.2) is 0 Å². The van der Waals surface area contributed by atoms with Crippen LogP contribution in [0.25, 0.3) is 11.1 Å². The number of ether oxygens (including phenoxy) is 3. The minimum Gasteiger partial charge on any atom is -0.492 e. The lowest BCUT2D eigenvalue weighted by Crippen LogP contribution is -2.47. The van der Waals surface area contributed by atoms with E-state index >= 15 is 0 Å². The highest BCUT2D eigenvalue weighted by molar-refractivity contribution is 6.01. The number of fused-ring (bicyclic) bond motifs is 1. The molecule has 3 aromatic rings. The van der Waals surface area contributed by atoms with Crippen LogP contribution in [0.3, 0.4) is 0 Å². The highest BCUT2D eigenvalue weighted by atomic mass is 16.5. The molecule has 4 aliphatic rings. The van der Waals surface area contributed by atoms with Crippen LogP contribution in [-0.2, 0) is 14.3 Å². The van der Waals surface area contributed by atoms with Crippen LogP contribution >= 0.6 is 0 Å². The molecule has 3 atom stereocenters. The summed E-state index contributed by atoms with van der Waals surface area (Å²) in [5.74, 6) is 1.54. The van der Waals surface area contributed by atoms with Crippen LogP contribution in [0, 0.1) is 5.92 Å². The van der Waals surface area contributed by atoms with E-state index in [1.807, 2.05) is 23.1 Å². The third-order valence-corrected chi connectivity index (χ3v) is 10.5. The fourth-order valence-electron chi connectivity index (χ4n) is 7.57. The molecule has 48 heavy (non-hydrogen) atoms. The lowest BCUT2D eigenvalue weighted by Gasteiger charge is -2.36. The first kappa shape index (κ1) is 32.6. The first-order valence-corrected chi connectivity index (χ1v) is 17.6. The Hall–Kier alpha value is -3.92. The highest BCUT2D eigenvalue weighted by Gasteiger charge is 2.41. The van der Waals surface area contributed by atoms with Crippen LogP contribution in [0.1, 0.15) is 50.0 Å². The van der Waals surface area contributed by atoms with Crippen molar-refractivity contribution in [1.82, 2.24) is 10.2 Å². The number of likely N-dealkylation sites (tertiary alicyclic amines) is 1. The van der Waals surface area contributed by atoms with Crippen LogP contribution in [-0.4, -0.2) is 89.0 Å². The third-order valence-electron chi connectivity index (χ3n) is 10.5. The predicted octanol–water partition coefficient (Wildman–Crippen LogP) is 5.48. The Morgan fingerprint density at radius 2 is 1.88 bits per heavy atom. The summed E-state index contributed by atoms with van der Waals surface area (Å²) in [5.41, 5.74) is 5.04. The van der Waals surface area contributed by atoms with Gasteiger partial charge >= 0.3 is 0 Å². The third kappa shape index (κ3) is 7.09. The maximum absolute atomic E-state index is 14.6. The Labute approximate surface area is 284 Å². The largest absolute Gasteiger partial charge is 0.492 e. The summed E-state index contributed by atoms with van der Waals surface area (Å²) in [7, 11) is 3.84. The molecule has 1 aliphatic carbocycles. The molecule has 3 aliphatic heterocycles. The molecule has 7 rings (SSSR count). The Morgan fingerprint density at radius 3 is 2.65 bits per heavy atom. The van der Waals surface area contributed by atoms with E-state index in [2.05, 4.69) is 65.8 Å². The second-order valence-electron chi connectivity index (χ2n) is 13.7. The van der Waals surface area contributed by atoms with Gasteiger partial charge in [-0.15, -0.1) is 0 Å². The monoisotopic (exact) mass is 652 g/mol. The number of hydrogen-bond donors (Lipinski definition) is 1. The number of rotatable bonds is 12. The second-order valence-corrected chi connectivity index (χ2v) is 13.7. The average molecular weight is 653 g/mol. The zero-order chi connectivity index (χ0) is 33.0. The van der Waals surface area contributed by atoms with E-state index in [0.29, 0.717) is 31.5 Å². The molecule has 3 heterocycles. The van der Waals surface area contributed by atoms with Crippen LogP contribution in [0.2, 0.25) is 0 Å². The summed E-state index contributed by atoms with van der Waals surface area (Å²) >= 11 is 0. The molecule has 2 amide bonds. The molecule has 3 fully saturated rings. The van der Waals surface area contributed by atoms with E-state index in [9.17, 15) is 9.59 Å². The molecule has 0 aromatic heterocycles. The topological polar surface area (TPSA) is 83.6 Å². The lowest BCUT2D eigenvalue weighted by molar-refractivity contribution is -0.123. The van der Waals surface area contributed by atoms with Gasteiger partial charge in [0.1, 0.15) is 18.1 Å². The number of carbonyl (C=O) groups is 2. The smallest absolute Gasteiger partial charge is 0.265 e. The molecule has 0 unspecified atom stereocenters. The molecule has 0 spiro atoms. The summed E-state index contributed by atoms with van der Waals surface area (Å²) in [6.45, 7) is 4.51. The fourth-order valence-corrected chi connectivity index (χ4v) is 7.57. The number of nitrogens with zero attached hydrogens (tertiary/aromatic N) is 3. The van der Waals surface area contributed by atoms with E-state index in [1.165, 1.54) is 18.4 Å². The van der Waals surface area contributed by atoms with Crippen molar-refractivity contribution >= 4 is 23.2 Å². The van der Waals surface area contributed by atoms with Gasteiger partial charge in [0, 0.05) is 44.6 Å². The summed E-state index contributed by atoms with van der Waals surface area (Å²) in [6.07, 6.45) is 6.00. The van der Waals surface area contributed by atoms with Crippen molar-refractivity contribution in [2.45, 2.75) is 56.5 Å². The highest BCUT2D eigenvalue weighted by Crippen LogP contribution is 2.42. The molecular weight excluding hydrogens is 604 g/mol. The van der Waals surface area contributed by atoms with E-state index in [-0.39, 0.29) is 36.3 Å². The number of carbonyl (C=O) groups excluding carboxylic acids is 2. The van der Waals surface area contributed by atoms with E-state index < -0.39 is 0 Å². The zero-order valence-corrected chi connectivity index (χ0v) is 28.2. The van der Waals surface area contributed by atoms with Crippen molar-refractivity contribution in [1.29, 1.82) is 0 Å². The molecule has 2 saturated heterocycles. The van der Waals surface area contributed by atoms with Crippen molar-refractivity contribution in [2.24, 2.45) is 5.92 Å². The quantitative estimate of drug-likeness (QED) is 0.260. The maximum Gasteiger partial charge on any atom is 0.265 e. The van der Waals surface area contributed by atoms with Crippen molar-refractivity contribution < 1.29 is 23.8 Å². The van der Waals surface area contributed by atoms with Gasteiger partial charge in [-0.1, -0.05) is 36.4 Å². The minimum absolute atomic E-state index is 0.0231. The van der Waals surface area contributed by atoms with Crippen molar-refractivity contribution in [3.63, 3.8) is 0 Å². The van der Waals surface area contributed by atoms with Crippen LogP contribution in [0.15, 0.2) is 66.7 Å². The second kappa shape index (κ2) is 14.7. The van der Waals surface area contributed by atoms with Gasteiger partial charge in [-0.05, 0) is 112 Å². The lowest BCUT2D eigenvalue weighted by atomic mass is 9.79. The Kier molecular flexibility index (Phi) is 9.98. The molecule has 9 nitrogen and oxygen atoms in total. The number of benzene rings is 3. The summed E-state index contributed by atoms with van der Waals surface area (Å²) in [4.78, 5) is 33.6. The molecule has 9 heteroatoms. The van der Waals surface area contributed by atoms with Crippen LogP contribution < -0.4 is 24.6 Å². The van der Waals surface area contributed by atoms with E-state index in [0.717, 1.165) is 73.6 Å². The van der Waals surface area contributed by atoms with Gasteiger partial charge in [0.05, 0.1) is 11.6 Å². The van der Waals surface area contributed by atoms with Gasteiger partial charge in [0.2, 0.25) is 5.91 Å². The number of piperidine rings is 1. The Bertz CT molecular complexity index is 1590. The normalized spacial score (nSPS) is 22.7. The van der Waals surface area contributed by atoms with Crippen molar-refractivity contribution in [2.75, 3.05) is 70.0 Å². The predicted molar refractivity (Wildman–Crippen MR) is 188 cm³/mol. The van der Waals surface area contributed by atoms with Crippen molar-refractivity contribution in [3.05, 3.63) is 72.3 Å². The van der Waals surface area contributed by atoms with E-state index in [4.69, 9.17) is 14.2 Å². The number of amides is 2. The summed E-state index contributed by atoms with van der Waals surface area (Å²) in [5, 5.41) is 3.51. The first-order valence-electron chi connectivity index (χ1n) is 17.6. The maximum atomic E-state index is 14.6.